The number of amides is 1. The van der Waals surface area contributed by atoms with Crippen LogP contribution in [-0.4, -0.2) is 38.1 Å². The molecule has 2 aliphatic rings. The number of carbonyl (C=O) groups is 2. The summed E-state index contributed by atoms with van der Waals surface area (Å²) < 4.78 is 0. The van der Waals surface area contributed by atoms with Crippen LogP contribution in [0.4, 0.5) is 0 Å². The van der Waals surface area contributed by atoms with Crippen LogP contribution in [0, 0.1) is 11.3 Å². The number of carbonyl (C=O) groups excluding carboxylic acids is 1. The number of nitrogens with one attached hydrogen (secondary N) is 1. The maximum Gasteiger partial charge on any atom is 0.305 e. The van der Waals surface area contributed by atoms with Crippen LogP contribution in [0.2, 0.25) is 0 Å². The molecule has 0 unspecified atom stereocenters. The summed E-state index contributed by atoms with van der Waals surface area (Å²) in [5.74, 6) is -0.608. The van der Waals surface area contributed by atoms with Gasteiger partial charge in [0.2, 0.25) is 0 Å². The molecular formula is C23H29N3O3. The molecule has 6 heteroatoms. The van der Waals surface area contributed by atoms with Gasteiger partial charge in [-0.15, -0.1) is 0 Å². The molecule has 1 aliphatic carbocycles. The maximum absolute atomic E-state index is 13.0. The van der Waals surface area contributed by atoms with Crippen molar-refractivity contribution < 1.29 is 14.7 Å². The van der Waals surface area contributed by atoms with E-state index < -0.39 is 5.97 Å². The maximum atomic E-state index is 13.0. The Bertz CT molecular complexity index is 974. The lowest BCUT2D eigenvalue weighted by Gasteiger charge is -2.28. The predicted molar refractivity (Wildman–Crippen MR) is 111 cm³/mol. The highest BCUT2D eigenvalue weighted by molar-refractivity contribution is 5.99. The lowest BCUT2D eigenvalue weighted by Crippen LogP contribution is -2.38. The van der Waals surface area contributed by atoms with Crippen molar-refractivity contribution in [3.63, 3.8) is 0 Å². The first-order valence-electron chi connectivity index (χ1n) is 10.4. The van der Waals surface area contributed by atoms with E-state index in [1.165, 1.54) is 11.3 Å². The van der Waals surface area contributed by atoms with Crippen LogP contribution in [0.25, 0.3) is 11.3 Å². The highest BCUT2D eigenvalue weighted by Gasteiger charge is 2.36. The molecule has 0 saturated heterocycles. The van der Waals surface area contributed by atoms with E-state index >= 15 is 0 Å². The van der Waals surface area contributed by atoms with Crippen LogP contribution >= 0.6 is 0 Å². The number of aliphatic carboxylic acids is 1. The van der Waals surface area contributed by atoms with Gasteiger partial charge in [0.15, 0.2) is 0 Å². The van der Waals surface area contributed by atoms with E-state index in [0.29, 0.717) is 24.4 Å². The van der Waals surface area contributed by atoms with Crippen molar-refractivity contribution in [2.24, 2.45) is 11.3 Å². The van der Waals surface area contributed by atoms with E-state index in [1.807, 2.05) is 12.1 Å². The van der Waals surface area contributed by atoms with Crippen LogP contribution in [0.5, 0.6) is 0 Å². The Kier molecular flexibility index (Phi) is 4.75. The summed E-state index contributed by atoms with van der Waals surface area (Å²) >= 11 is 0. The molecule has 154 valence electrons. The lowest BCUT2D eigenvalue weighted by molar-refractivity contribution is -0.138. The molecule has 0 saturated carbocycles. The monoisotopic (exact) mass is 395 g/mol. The topological polar surface area (TPSA) is 86.3 Å². The van der Waals surface area contributed by atoms with E-state index in [2.05, 4.69) is 44.0 Å². The van der Waals surface area contributed by atoms with Crippen LogP contribution < -0.4 is 0 Å². The number of benzene rings is 1. The largest absolute Gasteiger partial charge is 0.481 e. The Labute approximate surface area is 171 Å². The number of carboxylic acids is 1. The Morgan fingerprint density at radius 3 is 2.76 bits per heavy atom. The Morgan fingerprint density at radius 1 is 1.31 bits per heavy atom. The van der Waals surface area contributed by atoms with Gasteiger partial charge in [0.25, 0.3) is 5.91 Å². The molecule has 1 aromatic heterocycles. The van der Waals surface area contributed by atoms with Gasteiger partial charge in [-0.1, -0.05) is 33.8 Å². The molecule has 1 aliphatic heterocycles. The number of hydrogen-bond donors (Lipinski definition) is 2. The van der Waals surface area contributed by atoms with Crippen molar-refractivity contribution in [1.82, 2.24) is 15.1 Å². The van der Waals surface area contributed by atoms with Crippen molar-refractivity contribution in [3.05, 3.63) is 40.6 Å². The fourth-order valence-electron chi connectivity index (χ4n) is 4.85. The number of nitrogens with zero attached hydrogens (tertiary/aromatic N) is 2. The molecule has 29 heavy (non-hydrogen) atoms. The van der Waals surface area contributed by atoms with Gasteiger partial charge < -0.3 is 10.0 Å². The molecule has 1 aromatic carbocycles. The zero-order valence-electron chi connectivity index (χ0n) is 17.6. The van der Waals surface area contributed by atoms with Gasteiger partial charge in [-0.3, -0.25) is 14.7 Å². The SMILES string of the molecule is CC(C)C[C@@H](CC(=O)O)N1Cc2cc(-c3n[nH]c4c3CC(C)(C)C4)ccc2C1=O. The lowest BCUT2D eigenvalue weighted by atomic mass is 9.90. The van der Waals surface area contributed by atoms with Gasteiger partial charge in [0, 0.05) is 35.0 Å². The summed E-state index contributed by atoms with van der Waals surface area (Å²) in [5, 5.41) is 17.1. The van der Waals surface area contributed by atoms with E-state index in [0.717, 1.165) is 29.7 Å². The molecule has 0 spiro atoms. The summed E-state index contributed by atoms with van der Waals surface area (Å²) in [7, 11) is 0. The minimum atomic E-state index is -0.866. The van der Waals surface area contributed by atoms with Crippen molar-refractivity contribution in [2.75, 3.05) is 0 Å². The molecule has 6 nitrogen and oxygen atoms in total. The van der Waals surface area contributed by atoms with Gasteiger partial charge in [-0.2, -0.15) is 5.10 Å². The summed E-state index contributed by atoms with van der Waals surface area (Å²) in [6.07, 6.45) is 2.65. The quantitative estimate of drug-likeness (QED) is 0.773. The second-order valence-corrected chi connectivity index (χ2v) is 9.73. The number of fused-ring (bicyclic) bond motifs is 2. The molecule has 1 amide bonds. The normalized spacial score (nSPS) is 18.2. The van der Waals surface area contributed by atoms with E-state index in [4.69, 9.17) is 0 Å². The average molecular weight is 396 g/mol. The van der Waals surface area contributed by atoms with Gasteiger partial charge >= 0.3 is 5.97 Å². The molecule has 1 atom stereocenters. The standard InChI is InChI=1S/C23H29N3O3/c1-13(2)7-16(9-20(27)28)26-12-15-8-14(5-6-17(15)22(26)29)21-18-10-23(3,4)11-19(18)24-25-21/h5-6,8,13,16H,7,9-12H2,1-4H3,(H,24,25)(H,27,28)/t16-/m0/s1. The second kappa shape index (κ2) is 7.01. The van der Waals surface area contributed by atoms with E-state index in [1.54, 1.807) is 4.90 Å². The van der Waals surface area contributed by atoms with E-state index in [-0.39, 0.29) is 23.8 Å². The molecule has 0 bridgehead atoms. The van der Waals surface area contributed by atoms with Crippen LogP contribution in [0.3, 0.4) is 0 Å². The molecule has 2 N–H and O–H groups in total. The van der Waals surface area contributed by atoms with Crippen LogP contribution in [0.1, 0.15) is 67.7 Å². The predicted octanol–water partition coefficient (Wildman–Crippen LogP) is 4.05. The first-order valence-corrected chi connectivity index (χ1v) is 10.4. The van der Waals surface area contributed by atoms with Crippen molar-refractivity contribution in [2.45, 2.75) is 66.0 Å². The van der Waals surface area contributed by atoms with Crippen molar-refractivity contribution >= 4 is 11.9 Å². The number of carboxylic acid groups (broad SMARTS) is 1. The molecule has 0 radical (unpaired) electrons. The van der Waals surface area contributed by atoms with Gasteiger partial charge in [0.1, 0.15) is 0 Å². The summed E-state index contributed by atoms with van der Waals surface area (Å²) in [4.78, 5) is 26.1. The third-order valence-corrected chi connectivity index (χ3v) is 6.07. The molecule has 2 heterocycles. The zero-order valence-corrected chi connectivity index (χ0v) is 17.6. The number of aromatic amines is 1. The smallest absolute Gasteiger partial charge is 0.305 e. The van der Waals surface area contributed by atoms with Crippen LogP contribution in [-0.2, 0) is 24.2 Å². The number of hydrogen-bond acceptors (Lipinski definition) is 3. The number of rotatable bonds is 6. The summed E-state index contributed by atoms with van der Waals surface area (Å²) in [6.45, 7) is 9.10. The molecule has 0 fully saturated rings. The zero-order chi connectivity index (χ0) is 20.9. The second-order valence-electron chi connectivity index (χ2n) is 9.73. The molecule has 4 rings (SSSR count). The fourth-order valence-corrected chi connectivity index (χ4v) is 4.85. The third-order valence-electron chi connectivity index (χ3n) is 6.07. The van der Waals surface area contributed by atoms with Crippen molar-refractivity contribution in [1.29, 1.82) is 0 Å². The van der Waals surface area contributed by atoms with Gasteiger partial charge in [0.05, 0.1) is 12.1 Å². The Hall–Kier alpha value is -2.63. The number of aromatic nitrogens is 2. The van der Waals surface area contributed by atoms with E-state index in [9.17, 15) is 14.7 Å². The average Bonchev–Trinajstić information content (AvgIpc) is 3.23. The third kappa shape index (κ3) is 3.68. The highest BCUT2D eigenvalue weighted by atomic mass is 16.4. The summed E-state index contributed by atoms with van der Waals surface area (Å²) in [5.41, 5.74) is 6.36. The highest BCUT2D eigenvalue weighted by Crippen LogP contribution is 2.40. The molecule has 2 aromatic rings. The minimum absolute atomic E-state index is 0.0211. The first-order chi connectivity index (χ1) is 13.6. The van der Waals surface area contributed by atoms with Gasteiger partial charge in [-0.25, -0.2) is 0 Å². The fraction of sp³-hybridized carbons (Fsp3) is 0.522. The number of H-pyrrole nitrogens is 1. The van der Waals surface area contributed by atoms with Crippen LogP contribution in [0.15, 0.2) is 18.2 Å². The molecular weight excluding hydrogens is 366 g/mol. The van der Waals surface area contributed by atoms with Crippen molar-refractivity contribution in [3.8, 4) is 11.3 Å². The Morgan fingerprint density at radius 2 is 2.07 bits per heavy atom. The summed E-state index contributed by atoms with van der Waals surface area (Å²) in [6, 6.07) is 5.62. The Balaban J connectivity index is 1.62. The minimum Gasteiger partial charge on any atom is -0.481 e. The first kappa shape index (κ1) is 19.7. The van der Waals surface area contributed by atoms with Gasteiger partial charge in [-0.05, 0) is 48.3 Å².